The fraction of sp³-hybridized carbons (Fsp3) is 0.667. The van der Waals surface area contributed by atoms with Crippen molar-refractivity contribution in [2.45, 2.75) is 52.4 Å². The monoisotopic (exact) mass is 416 g/mol. The average Bonchev–Trinajstić information content (AvgIpc) is 2.77. The third-order valence-electron chi connectivity index (χ3n) is 5.04. The number of aliphatic imine (C=N–C) groups is 2. The van der Waals surface area contributed by atoms with Crippen molar-refractivity contribution >= 4 is 11.4 Å². The first-order valence-electron chi connectivity index (χ1n) is 11.6. The van der Waals surface area contributed by atoms with E-state index in [0.29, 0.717) is 0 Å². The second kappa shape index (κ2) is 18.2. The summed E-state index contributed by atoms with van der Waals surface area (Å²) < 4.78 is 0. The second-order valence-corrected chi connectivity index (χ2v) is 7.68. The van der Waals surface area contributed by atoms with Crippen LogP contribution in [0.1, 0.15) is 63.5 Å². The third-order valence-corrected chi connectivity index (χ3v) is 5.04. The Morgan fingerprint density at radius 2 is 1.07 bits per heavy atom. The summed E-state index contributed by atoms with van der Waals surface area (Å²) in [7, 11) is 0. The molecule has 0 atom stereocenters. The summed E-state index contributed by atoms with van der Waals surface area (Å²) in [6.07, 6.45) is 6.58. The maximum absolute atomic E-state index is 5.51. The lowest BCUT2D eigenvalue weighted by atomic mass is 10.0. The Bertz CT molecular complexity index is 558. The molecule has 6 heteroatoms. The molecular formula is C24H44N6. The highest BCUT2D eigenvalue weighted by atomic mass is 14.9. The third kappa shape index (κ3) is 12.2. The van der Waals surface area contributed by atoms with Gasteiger partial charge in [0.05, 0.1) is 0 Å². The summed E-state index contributed by atoms with van der Waals surface area (Å²) in [6, 6.07) is 8.46. The number of benzene rings is 1. The zero-order valence-corrected chi connectivity index (χ0v) is 19.3. The highest BCUT2D eigenvalue weighted by Crippen LogP contribution is 2.12. The summed E-state index contributed by atoms with van der Waals surface area (Å²) in [5.41, 5.74) is 15.6. The van der Waals surface area contributed by atoms with Gasteiger partial charge in [-0.2, -0.15) is 0 Å². The van der Waals surface area contributed by atoms with Crippen LogP contribution in [0.25, 0.3) is 0 Å². The van der Waals surface area contributed by atoms with Gasteiger partial charge in [0.15, 0.2) is 0 Å². The fourth-order valence-corrected chi connectivity index (χ4v) is 3.22. The molecule has 0 saturated heterocycles. The molecule has 1 rings (SSSR count). The van der Waals surface area contributed by atoms with Gasteiger partial charge in [0.1, 0.15) is 0 Å². The molecule has 6 nitrogen and oxygen atoms in total. The smallest absolute Gasteiger partial charge is 0.0404 e. The lowest BCUT2D eigenvalue weighted by molar-refractivity contribution is 0.611. The lowest BCUT2D eigenvalue weighted by Gasteiger charge is -2.10. The maximum atomic E-state index is 5.51. The Morgan fingerprint density at radius 3 is 1.47 bits per heavy atom. The van der Waals surface area contributed by atoms with E-state index in [-0.39, 0.29) is 0 Å². The summed E-state index contributed by atoms with van der Waals surface area (Å²) in [5, 5.41) is 6.91. The Balaban J connectivity index is 2.43. The molecule has 0 bridgehead atoms. The van der Waals surface area contributed by atoms with Crippen LogP contribution in [0.3, 0.4) is 0 Å². The molecule has 6 N–H and O–H groups in total. The number of rotatable bonds is 18. The molecule has 30 heavy (non-hydrogen) atoms. The number of nitrogens with one attached hydrogen (secondary N) is 2. The quantitative estimate of drug-likeness (QED) is 0.218. The summed E-state index contributed by atoms with van der Waals surface area (Å²) in [4.78, 5) is 9.60. The van der Waals surface area contributed by atoms with Crippen LogP contribution in [0.15, 0.2) is 34.3 Å². The molecule has 0 amide bonds. The van der Waals surface area contributed by atoms with Crippen molar-refractivity contribution < 1.29 is 0 Å². The second-order valence-electron chi connectivity index (χ2n) is 7.68. The van der Waals surface area contributed by atoms with E-state index >= 15 is 0 Å². The molecule has 0 aliphatic heterocycles. The number of unbranched alkanes of at least 4 members (excludes halogenated alkanes) is 2. The van der Waals surface area contributed by atoms with Gasteiger partial charge in [-0.1, -0.05) is 24.3 Å². The fourth-order valence-electron chi connectivity index (χ4n) is 3.22. The van der Waals surface area contributed by atoms with Gasteiger partial charge in [0, 0.05) is 35.6 Å². The predicted molar refractivity (Wildman–Crippen MR) is 132 cm³/mol. The highest BCUT2D eigenvalue weighted by Gasteiger charge is 2.07. The van der Waals surface area contributed by atoms with E-state index < -0.39 is 0 Å². The van der Waals surface area contributed by atoms with Crippen molar-refractivity contribution in [3.63, 3.8) is 0 Å². The Morgan fingerprint density at radius 1 is 0.667 bits per heavy atom. The minimum absolute atomic E-state index is 0.777. The summed E-state index contributed by atoms with van der Waals surface area (Å²) in [5.74, 6) is 0. The Hall–Kier alpha value is -1.60. The maximum Gasteiger partial charge on any atom is 0.0404 e. The molecule has 0 aliphatic carbocycles. The van der Waals surface area contributed by atoms with Crippen LogP contribution < -0.4 is 22.1 Å². The van der Waals surface area contributed by atoms with Gasteiger partial charge in [-0.15, -0.1) is 0 Å². The molecule has 0 aliphatic rings. The summed E-state index contributed by atoms with van der Waals surface area (Å²) in [6.45, 7) is 11.5. The van der Waals surface area contributed by atoms with E-state index in [4.69, 9.17) is 21.5 Å². The largest absolute Gasteiger partial charge is 0.330 e. The van der Waals surface area contributed by atoms with E-state index in [1.54, 1.807) is 0 Å². The van der Waals surface area contributed by atoms with Gasteiger partial charge in [-0.05, 0) is 91.6 Å². The number of nitrogens with two attached hydrogens (primary N) is 2. The van der Waals surface area contributed by atoms with E-state index in [1.165, 1.54) is 11.1 Å². The summed E-state index contributed by atoms with van der Waals surface area (Å²) >= 11 is 0. The molecule has 0 radical (unpaired) electrons. The molecule has 0 heterocycles. The van der Waals surface area contributed by atoms with Crippen LogP contribution in [0, 0.1) is 0 Å². The van der Waals surface area contributed by atoms with E-state index in [2.05, 4.69) is 48.7 Å². The van der Waals surface area contributed by atoms with Crippen molar-refractivity contribution in [1.29, 1.82) is 0 Å². The molecule has 1 aromatic rings. The molecular weight excluding hydrogens is 372 g/mol. The van der Waals surface area contributed by atoms with Gasteiger partial charge in [0.25, 0.3) is 0 Å². The van der Waals surface area contributed by atoms with Crippen LogP contribution in [-0.2, 0) is 0 Å². The van der Waals surface area contributed by atoms with Crippen LogP contribution in [0.4, 0.5) is 0 Å². The minimum atomic E-state index is 0.777. The van der Waals surface area contributed by atoms with Gasteiger partial charge in [-0.25, -0.2) is 0 Å². The van der Waals surface area contributed by atoms with E-state index in [0.717, 1.165) is 102 Å². The van der Waals surface area contributed by atoms with Crippen LogP contribution >= 0.6 is 0 Å². The Kier molecular flexibility index (Phi) is 16.0. The number of nitrogens with zero attached hydrogens (tertiary/aromatic N) is 2. The minimum Gasteiger partial charge on any atom is -0.330 e. The first-order valence-corrected chi connectivity index (χ1v) is 11.6. The molecule has 170 valence electrons. The van der Waals surface area contributed by atoms with Gasteiger partial charge in [-0.3, -0.25) is 9.98 Å². The molecule has 0 aromatic heterocycles. The Labute approximate surface area is 184 Å². The van der Waals surface area contributed by atoms with Crippen molar-refractivity contribution in [2.75, 3.05) is 52.4 Å². The standard InChI is InChI=1S/C24H44N6/c1-21(29-19-9-17-27-15-7-5-13-25)23-11-3-4-12-24(23)22(2)30-20-10-18-28-16-8-6-14-26/h3-4,11-12,27-28H,5-10,13-20,25-26H2,1-2H3. The van der Waals surface area contributed by atoms with Crippen molar-refractivity contribution in [3.8, 4) is 0 Å². The average molecular weight is 417 g/mol. The molecule has 1 aromatic carbocycles. The van der Waals surface area contributed by atoms with Gasteiger partial charge in [0.2, 0.25) is 0 Å². The number of hydrogen-bond donors (Lipinski definition) is 4. The van der Waals surface area contributed by atoms with Gasteiger partial charge < -0.3 is 22.1 Å². The van der Waals surface area contributed by atoms with Crippen LogP contribution in [0.5, 0.6) is 0 Å². The first kappa shape index (κ1) is 26.4. The van der Waals surface area contributed by atoms with Crippen LogP contribution in [-0.4, -0.2) is 63.8 Å². The molecule has 0 spiro atoms. The van der Waals surface area contributed by atoms with Gasteiger partial charge >= 0.3 is 0 Å². The van der Waals surface area contributed by atoms with Crippen LogP contribution in [0.2, 0.25) is 0 Å². The SMILES string of the molecule is CC(=NCCCNCCCCN)c1ccccc1C(C)=NCCCNCCCCN. The zero-order chi connectivity index (χ0) is 21.9. The molecule has 0 fully saturated rings. The van der Waals surface area contributed by atoms with Crippen molar-refractivity contribution in [1.82, 2.24) is 10.6 Å². The van der Waals surface area contributed by atoms with Crippen molar-refractivity contribution in [2.24, 2.45) is 21.5 Å². The normalized spacial score (nSPS) is 12.5. The lowest BCUT2D eigenvalue weighted by Crippen LogP contribution is -2.18. The highest BCUT2D eigenvalue weighted by molar-refractivity contribution is 6.11. The predicted octanol–water partition coefficient (Wildman–Crippen LogP) is 2.74. The zero-order valence-electron chi connectivity index (χ0n) is 19.3. The number of hydrogen-bond acceptors (Lipinski definition) is 6. The molecule has 0 unspecified atom stereocenters. The first-order chi connectivity index (χ1) is 14.7. The topological polar surface area (TPSA) is 101 Å². The van der Waals surface area contributed by atoms with E-state index in [1.807, 2.05) is 0 Å². The molecule has 0 saturated carbocycles. The van der Waals surface area contributed by atoms with E-state index in [9.17, 15) is 0 Å². The van der Waals surface area contributed by atoms with Crippen molar-refractivity contribution in [3.05, 3.63) is 35.4 Å².